The summed E-state index contributed by atoms with van der Waals surface area (Å²) in [4.78, 5) is 2.23. The Balaban J connectivity index is 1.81. The maximum absolute atomic E-state index is 9.92. The van der Waals surface area contributed by atoms with Crippen LogP contribution in [0.5, 0.6) is 11.5 Å². The minimum atomic E-state index is -0.411. The highest BCUT2D eigenvalue weighted by Gasteiger charge is 2.33. The molecule has 4 rings (SSSR count). The molecule has 2 aliphatic rings. The zero-order valence-corrected chi connectivity index (χ0v) is 11.6. The molecule has 2 aliphatic heterocycles. The van der Waals surface area contributed by atoms with Crippen LogP contribution in [0.4, 0.5) is 11.4 Å². The average Bonchev–Trinajstić information content (AvgIpc) is 2.52. The fourth-order valence-electron chi connectivity index (χ4n) is 3.10. The van der Waals surface area contributed by atoms with E-state index >= 15 is 0 Å². The molecule has 0 bridgehead atoms. The van der Waals surface area contributed by atoms with Crippen LogP contribution in [0.25, 0.3) is 0 Å². The van der Waals surface area contributed by atoms with Crippen molar-refractivity contribution < 1.29 is 14.6 Å². The van der Waals surface area contributed by atoms with Gasteiger partial charge in [0.1, 0.15) is 0 Å². The average molecular weight is 283 g/mol. The molecular weight excluding hydrogens is 266 g/mol. The normalized spacial score (nSPS) is 24.0. The molecule has 0 saturated carbocycles. The van der Waals surface area contributed by atoms with Gasteiger partial charge in [0.2, 0.25) is 0 Å². The molecule has 0 amide bonds. The number of rotatable bonds is 1. The first-order valence-electron chi connectivity index (χ1n) is 7.24. The second-order valence-corrected chi connectivity index (χ2v) is 5.49. The number of hydrogen-bond acceptors (Lipinski definition) is 4. The topological polar surface area (TPSA) is 41.9 Å². The molecule has 4 heteroatoms. The van der Waals surface area contributed by atoms with Gasteiger partial charge in [0.25, 0.3) is 0 Å². The number of anilines is 2. The summed E-state index contributed by atoms with van der Waals surface area (Å²) in [6.07, 6.45) is 0.286. The number of nitrogens with zero attached hydrogens (tertiary/aromatic N) is 1. The van der Waals surface area contributed by atoms with Gasteiger partial charge in [0.05, 0.1) is 36.7 Å². The fraction of sp³-hybridized carbons (Fsp3) is 0.294. The maximum Gasteiger partial charge on any atom is 0.151 e. The fourth-order valence-corrected chi connectivity index (χ4v) is 3.10. The van der Waals surface area contributed by atoms with Crippen LogP contribution < -0.4 is 9.64 Å². The summed E-state index contributed by atoms with van der Waals surface area (Å²) < 4.78 is 11.5. The molecule has 2 aromatic carbocycles. The molecule has 1 fully saturated rings. The van der Waals surface area contributed by atoms with Gasteiger partial charge in [-0.25, -0.2) is 0 Å². The number of ether oxygens (including phenoxy) is 2. The first-order valence-corrected chi connectivity index (χ1v) is 7.24. The van der Waals surface area contributed by atoms with E-state index in [-0.39, 0.29) is 6.04 Å². The van der Waals surface area contributed by atoms with E-state index in [1.54, 1.807) is 0 Å². The van der Waals surface area contributed by atoms with Crippen molar-refractivity contribution in [1.29, 1.82) is 0 Å². The molecule has 1 N–H and O–H groups in total. The lowest BCUT2D eigenvalue weighted by Crippen LogP contribution is -2.44. The highest BCUT2D eigenvalue weighted by atomic mass is 16.5. The van der Waals surface area contributed by atoms with Gasteiger partial charge in [0, 0.05) is 0 Å². The molecule has 0 spiro atoms. The van der Waals surface area contributed by atoms with E-state index in [1.807, 2.05) is 48.5 Å². The van der Waals surface area contributed by atoms with Gasteiger partial charge < -0.3 is 19.5 Å². The Labute approximate surface area is 123 Å². The molecule has 0 unspecified atom stereocenters. The number of aliphatic hydroxyl groups is 1. The van der Waals surface area contributed by atoms with Gasteiger partial charge >= 0.3 is 0 Å². The molecule has 0 aromatic heterocycles. The van der Waals surface area contributed by atoms with Crippen LogP contribution in [0.15, 0.2) is 48.5 Å². The van der Waals surface area contributed by atoms with E-state index in [9.17, 15) is 5.11 Å². The van der Waals surface area contributed by atoms with Crippen molar-refractivity contribution in [1.82, 2.24) is 0 Å². The van der Waals surface area contributed by atoms with Crippen molar-refractivity contribution in [2.75, 3.05) is 18.1 Å². The molecule has 0 radical (unpaired) electrons. The molecule has 2 atom stereocenters. The zero-order chi connectivity index (χ0) is 14.2. The maximum atomic E-state index is 9.92. The first kappa shape index (κ1) is 12.7. The Morgan fingerprint density at radius 1 is 0.905 bits per heavy atom. The number of para-hydroxylation sites is 4. The van der Waals surface area contributed by atoms with E-state index in [0.29, 0.717) is 19.6 Å². The van der Waals surface area contributed by atoms with Crippen LogP contribution in [0.2, 0.25) is 0 Å². The van der Waals surface area contributed by atoms with Crippen LogP contribution in [-0.4, -0.2) is 30.5 Å². The van der Waals surface area contributed by atoms with Gasteiger partial charge in [-0.15, -0.1) is 0 Å². The van der Waals surface area contributed by atoms with Crippen molar-refractivity contribution in [3.8, 4) is 11.5 Å². The summed E-state index contributed by atoms with van der Waals surface area (Å²) in [6, 6.07) is 16.1. The molecule has 0 aliphatic carbocycles. The van der Waals surface area contributed by atoms with Crippen molar-refractivity contribution >= 4 is 11.4 Å². The van der Waals surface area contributed by atoms with Crippen molar-refractivity contribution in [3.63, 3.8) is 0 Å². The van der Waals surface area contributed by atoms with Crippen molar-refractivity contribution in [3.05, 3.63) is 48.5 Å². The monoisotopic (exact) mass is 283 g/mol. The van der Waals surface area contributed by atoms with E-state index in [0.717, 1.165) is 22.9 Å². The Hall–Kier alpha value is -2.04. The molecule has 2 heterocycles. The predicted octanol–water partition coefficient (Wildman–Crippen LogP) is 3.08. The van der Waals surface area contributed by atoms with E-state index in [4.69, 9.17) is 9.47 Å². The highest BCUT2D eigenvalue weighted by molar-refractivity contribution is 5.78. The lowest BCUT2D eigenvalue weighted by Gasteiger charge is -2.40. The van der Waals surface area contributed by atoms with Crippen LogP contribution in [-0.2, 0) is 4.74 Å². The van der Waals surface area contributed by atoms with Crippen LogP contribution in [0, 0.1) is 0 Å². The zero-order valence-electron chi connectivity index (χ0n) is 11.6. The lowest BCUT2D eigenvalue weighted by atomic mass is 10.0. The summed E-state index contributed by atoms with van der Waals surface area (Å²) >= 11 is 0. The molecule has 1 saturated heterocycles. The summed E-state index contributed by atoms with van der Waals surface area (Å²) in [7, 11) is 0. The van der Waals surface area contributed by atoms with Gasteiger partial charge in [0.15, 0.2) is 11.5 Å². The van der Waals surface area contributed by atoms with Gasteiger partial charge in [-0.1, -0.05) is 24.3 Å². The SMILES string of the molecule is O[C@@H]1COC[C@@H](N2c3ccccc3Oc3ccccc32)C1. The van der Waals surface area contributed by atoms with E-state index in [2.05, 4.69) is 4.90 Å². The second-order valence-electron chi connectivity index (χ2n) is 5.49. The molecule has 108 valence electrons. The summed E-state index contributed by atoms with van der Waals surface area (Å²) in [6.45, 7) is 1.03. The summed E-state index contributed by atoms with van der Waals surface area (Å²) in [5.41, 5.74) is 2.05. The Bertz CT molecular complexity index is 612. The largest absolute Gasteiger partial charge is 0.453 e. The quantitative estimate of drug-likeness (QED) is 0.873. The third kappa shape index (κ3) is 2.17. The van der Waals surface area contributed by atoms with Crippen LogP contribution >= 0.6 is 0 Å². The van der Waals surface area contributed by atoms with Gasteiger partial charge in [-0.05, 0) is 30.7 Å². The number of fused-ring (bicyclic) bond motifs is 2. The lowest BCUT2D eigenvalue weighted by molar-refractivity contribution is -0.0155. The third-order valence-electron chi connectivity index (χ3n) is 4.00. The predicted molar refractivity (Wildman–Crippen MR) is 80.3 cm³/mol. The third-order valence-corrected chi connectivity index (χ3v) is 4.00. The molecule has 4 nitrogen and oxygen atoms in total. The van der Waals surface area contributed by atoms with Crippen LogP contribution in [0.3, 0.4) is 0 Å². The van der Waals surface area contributed by atoms with Gasteiger partial charge in [-0.3, -0.25) is 0 Å². The summed E-state index contributed by atoms with van der Waals surface area (Å²) in [5.74, 6) is 1.69. The first-order chi connectivity index (χ1) is 10.3. The highest BCUT2D eigenvalue weighted by Crippen LogP contribution is 2.48. The number of hydrogen-bond donors (Lipinski definition) is 1. The summed E-state index contributed by atoms with van der Waals surface area (Å²) in [5, 5.41) is 9.92. The Kier molecular flexibility index (Phi) is 3.05. The minimum absolute atomic E-state index is 0.111. The van der Waals surface area contributed by atoms with Gasteiger partial charge in [-0.2, -0.15) is 0 Å². The smallest absolute Gasteiger partial charge is 0.151 e. The van der Waals surface area contributed by atoms with Crippen LogP contribution in [0.1, 0.15) is 6.42 Å². The number of aliphatic hydroxyl groups excluding tert-OH is 1. The Morgan fingerprint density at radius 3 is 2.14 bits per heavy atom. The minimum Gasteiger partial charge on any atom is -0.453 e. The van der Waals surface area contributed by atoms with Crippen molar-refractivity contribution in [2.45, 2.75) is 18.6 Å². The molecular formula is C17H17NO3. The number of benzene rings is 2. The molecule has 21 heavy (non-hydrogen) atoms. The second kappa shape index (κ2) is 5.06. The Morgan fingerprint density at radius 2 is 1.52 bits per heavy atom. The standard InChI is InChI=1S/C17H17NO3/c19-13-9-12(10-20-11-13)18-14-5-1-3-7-16(14)21-17-8-4-2-6-15(17)18/h1-8,12-13,19H,9-11H2/t12-,13-/m0/s1. The van der Waals surface area contributed by atoms with E-state index < -0.39 is 6.10 Å². The van der Waals surface area contributed by atoms with E-state index in [1.165, 1.54) is 0 Å². The van der Waals surface area contributed by atoms with Crippen molar-refractivity contribution in [2.24, 2.45) is 0 Å². The molecule has 2 aromatic rings.